The number of methoxy groups -OCH3 is 1. The molecule has 0 atom stereocenters. The summed E-state index contributed by atoms with van der Waals surface area (Å²) >= 11 is 0. The molecule has 31 heavy (non-hydrogen) atoms. The SMILES string of the molecule is CO[C@H]1CC[C@H](NC(=O)c2ccc(-n3ncc(-c4ccc(C#N)cc4)c3O)nc2)CC1. The summed E-state index contributed by atoms with van der Waals surface area (Å²) in [6, 6.07) is 12.4. The van der Waals surface area contributed by atoms with Gasteiger partial charge in [0.1, 0.15) is 0 Å². The number of ether oxygens (including phenoxy) is 1. The molecule has 8 nitrogen and oxygen atoms in total. The van der Waals surface area contributed by atoms with Crippen LogP contribution in [-0.4, -0.2) is 45.0 Å². The smallest absolute Gasteiger partial charge is 0.253 e. The number of benzene rings is 1. The van der Waals surface area contributed by atoms with Gasteiger partial charge in [-0.2, -0.15) is 15.0 Å². The van der Waals surface area contributed by atoms with Gasteiger partial charge in [-0.05, 0) is 55.5 Å². The zero-order valence-electron chi connectivity index (χ0n) is 17.2. The van der Waals surface area contributed by atoms with Gasteiger partial charge in [-0.15, -0.1) is 0 Å². The molecule has 0 saturated heterocycles. The predicted molar refractivity (Wildman–Crippen MR) is 114 cm³/mol. The van der Waals surface area contributed by atoms with E-state index in [2.05, 4.69) is 21.5 Å². The molecule has 1 aromatic carbocycles. The molecule has 3 aromatic rings. The molecule has 1 amide bonds. The van der Waals surface area contributed by atoms with Gasteiger partial charge in [0.15, 0.2) is 5.82 Å². The average molecular weight is 417 g/mol. The largest absolute Gasteiger partial charge is 0.493 e. The number of carbonyl (C=O) groups is 1. The number of nitrogens with one attached hydrogen (secondary N) is 1. The maximum atomic E-state index is 12.5. The summed E-state index contributed by atoms with van der Waals surface area (Å²) in [6.07, 6.45) is 6.98. The Labute approximate surface area is 180 Å². The third kappa shape index (κ3) is 4.42. The Balaban J connectivity index is 1.45. The number of pyridine rings is 1. The standard InChI is InChI=1S/C23H23N5O3/c1-31-19-9-7-18(8-10-19)27-22(29)17-6-11-21(25-13-17)28-23(30)20(14-26-28)16-4-2-15(12-24)3-5-16/h2-6,11,13-14,18-19,30H,7-10H2,1H3,(H,27,29)/t18-,19-. The molecule has 2 heterocycles. The number of hydrogen-bond donors (Lipinski definition) is 2. The topological polar surface area (TPSA) is 113 Å². The third-order valence-electron chi connectivity index (χ3n) is 5.64. The monoisotopic (exact) mass is 417 g/mol. The van der Waals surface area contributed by atoms with Crippen molar-refractivity contribution in [3.05, 3.63) is 59.9 Å². The van der Waals surface area contributed by atoms with Gasteiger partial charge in [0, 0.05) is 19.3 Å². The lowest BCUT2D eigenvalue weighted by molar-refractivity contribution is 0.0599. The lowest BCUT2D eigenvalue weighted by atomic mass is 9.93. The van der Waals surface area contributed by atoms with Gasteiger partial charge >= 0.3 is 0 Å². The lowest BCUT2D eigenvalue weighted by Gasteiger charge is -2.28. The quantitative estimate of drug-likeness (QED) is 0.659. The molecule has 0 unspecified atom stereocenters. The number of amides is 1. The maximum Gasteiger partial charge on any atom is 0.253 e. The fourth-order valence-corrected chi connectivity index (χ4v) is 3.79. The fourth-order valence-electron chi connectivity index (χ4n) is 3.79. The highest BCUT2D eigenvalue weighted by molar-refractivity contribution is 5.94. The summed E-state index contributed by atoms with van der Waals surface area (Å²) in [5.74, 6) is 0.168. The number of hydrogen-bond acceptors (Lipinski definition) is 6. The zero-order chi connectivity index (χ0) is 21.8. The van der Waals surface area contributed by atoms with E-state index in [-0.39, 0.29) is 23.9 Å². The molecule has 1 fully saturated rings. The molecule has 1 saturated carbocycles. The van der Waals surface area contributed by atoms with E-state index >= 15 is 0 Å². The fraction of sp³-hybridized carbons (Fsp3) is 0.304. The second-order valence-corrected chi connectivity index (χ2v) is 7.57. The summed E-state index contributed by atoms with van der Waals surface area (Å²) in [7, 11) is 1.72. The molecule has 4 rings (SSSR count). The number of nitrogens with zero attached hydrogens (tertiary/aromatic N) is 4. The highest BCUT2D eigenvalue weighted by atomic mass is 16.5. The van der Waals surface area contributed by atoms with Crippen LogP contribution in [0.3, 0.4) is 0 Å². The van der Waals surface area contributed by atoms with Crippen LogP contribution in [0.15, 0.2) is 48.8 Å². The minimum absolute atomic E-state index is 0.0655. The molecular weight excluding hydrogens is 394 g/mol. The van der Waals surface area contributed by atoms with Gasteiger partial charge < -0.3 is 15.2 Å². The van der Waals surface area contributed by atoms with Crippen molar-refractivity contribution in [2.24, 2.45) is 0 Å². The second kappa shape index (κ2) is 8.98. The first-order chi connectivity index (χ1) is 15.1. The van der Waals surface area contributed by atoms with Crippen molar-refractivity contribution < 1.29 is 14.6 Å². The zero-order valence-corrected chi connectivity index (χ0v) is 17.2. The van der Waals surface area contributed by atoms with E-state index in [4.69, 9.17) is 10.00 Å². The van der Waals surface area contributed by atoms with Crippen molar-refractivity contribution in [1.82, 2.24) is 20.1 Å². The van der Waals surface area contributed by atoms with Crippen LogP contribution in [0, 0.1) is 11.3 Å². The Morgan fingerprint density at radius 1 is 1.16 bits per heavy atom. The Kier molecular flexibility index (Phi) is 5.96. The first kappa shape index (κ1) is 20.6. The van der Waals surface area contributed by atoms with E-state index < -0.39 is 0 Å². The number of aromatic hydroxyl groups is 1. The van der Waals surface area contributed by atoms with Crippen LogP contribution in [0.2, 0.25) is 0 Å². The Morgan fingerprint density at radius 2 is 1.90 bits per heavy atom. The van der Waals surface area contributed by atoms with E-state index in [1.54, 1.807) is 43.5 Å². The summed E-state index contributed by atoms with van der Waals surface area (Å²) < 4.78 is 6.68. The molecule has 2 N–H and O–H groups in total. The molecular formula is C23H23N5O3. The molecule has 0 aliphatic heterocycles. The van der Waals surface area contributed by atoms with Crippen LogP contribution in [0.4, 0.5) is 0 Å². The van der Waals surface area contributed by atoms with Crippen LogP contribution in [0.25, 0.3) is 16.9 Å². The highest BCUT2D eigenvalue weighted by Crippen LogP contribution is 2.30. The average Bonchev–Trinajstić information content (AvgIpc) is 3.21. The second-order valence-electron chi connectivity index (χ2n) is 7.57. The van der Waals surface area contributed by atoms with E-state index in [1.807, 2.05) is 0 Å². The Morgan fingerprint density at radius 3 is 2.52 bits per heavy atom. The molecule has 0 radical (unpaired) electrons. The van der Waals surface area contributed by atoms with Crippen LogP contribution >= 0.6 is 0 Å². The highest BCUT2D eigenvalue weighted by Gasteiger charge is 2.22. The van der Waals surface area contributed by atoms with E-state index in [0.29, 0.717) is 22.5 Å². The van der Waals surface area contributed by atoms with Crippen LogP contribution < -0.4 is 5.32 Å². The molecule has 8 heteroatoms. The van der Waals surface area contributed by atoms with Crippen LogP contribution in [0.5, 0.6) is 5.88 Å². The van der Waals surface area contributed by atoms with Crippen LogP contribution in [0.1, 0.15) is 41.6 Å². The maximum absolute atomic E-state index is 12.5. The predicted octanol–water partition coefficient (Wildman–Crippen LogP) is 3.20. The van der Waals surface area contributed by atoms with E-state index in [1.165, 1.54) is 17.1 Å². The van der Waals surface area contributed by atoms with Crippen LogP contribution in [-0.2, 0) is 4.74 Å². The third-order valence-corrected chi connectivity index (χ3v) is 5.64. The number of nitriles is 1. The van der Waals surface area contributed by atoms with Gasteiger partial charge in [-0.25, -0.2) is 4.98 Å². The van der Waals surface area contributed by atoms with Gasteiger partial charge in [-0.3, -0.25) is 4.79 Å². The number of carbonyl (C=O) groups excluding carboxylic acids is 1. The first-order valence-corrected chi connectivity index (χ1v) is 10.2. The Hall–Kier alpha value is -3.70. The molecule has 0 spiro atoms. The van der Waals surface area contributed by atoms with E-state index in [0.717, 1.165) is 31.2 Å². The molecule has 0 bridgehead atoms. The Bertz CT molecular complexity index is 1090. The first-order valence-electron chi connectivity index (χ1n) is 10.2. The summed E-state index contributed by atoms with van der Waals surface area (Å²) in [6.45, 7) is 0. The van der Waals surface area contributed by atoms with Crippen molar-refractivity contribution in [1.29, 1.82) is 5.26 Å². The number of aromatic nitrogens is 3. The normalized spacial score (nSPS) is 18.3. The minimum atomic E-state index is -0.164. The van der Waals surface area contributed by atoms with Crippen molar-refractivity contribution >= 4 is 5.91 Å². The molecule has 1 aliphatic carbocycles. The molecule has 2 aromatic heterocycles. The molecule has 158 valence electrons. The summed E-state index contributed by atoms with van der Waals surface area (Å²) in [5, 5.41) is 26.8. The van der Waals surface area contributed by atoms with Crippen molar-refractivity contribution in [2.75, 3.05) is 7.11 Å². The van der Waals surface area contributed by atoms with Crippen molar-refractivity contribution in [3.8, 4) is 28.9 Å². The minimum Gasteiger partial charge on any atom is -0.493 e. The van der Waals surface area contributed by atoms with Gasteiger partial charge in [-0.1, -0.05) is 12.1 Å². The summed E-state index contributed by atoms with van der Waals surface area (Å²) in [5.41, 5.74) is 2.26. The molecule has 1 aliphatic rings. The van der Waals surface area contributed by atoms with Gasteiger partial charge in [0.2, 0.25) is 5.88 Å². The summed E-state index contributed by atoms with van der Waals surface area (Å²) in [4.78, 5) is 16.8. The van der Waals surface area contributed by atoms with Crippen molar-refractivity contribution in [2.45, 2.75) is 37.8 Å². The lowest BCUT2D eigenvalue weighted by Crippen LogP contribution is -2.38. The van der Waals surface area contributed by atoms with Crippen molar-refractivity contribution in [3.63, 3.8) is 0 Å². The van der Waals surface area contributed by atoms with Gasteiger partial charge in [0.05, 0.1) is 35.1 Å². The van der Waals surface area contributed by atoms with E-state index in [9.17, 15) is 9.90 Å². The number of rotatable bonds is 5. The van der Waals surface area contributed by atoms with Gasteiger partial charge in [0.25, 0.3) is 5.91 Å².